The minimum atomic E-state index is -1.53. The lowest BCUT2D eigenvalue weighted by atomic mass is 10.0. The molecule has 0 aliphatic carbocycles. The van der Waals surface area contributed by atoms with Crippen molar-refractivity contribution in [2.24, 2.45) is 11.5 Å². The van der Waals surface area contributed by atoms with Gasteiger partial charge < -0.3 is 32.1 Å². The van der Waals surface area contributed by atoms with Gasteiger partial charge in [-0.15, -0.1) is 0 Å². The predicted molar refractivity (Wildman–Crippen MR) is 122 cm³/mol. The van der Waals surface area contributed by atoms with E-state index in [9.17, 15) is 24.0 Å². The van der Waals surface area contributed by atoms with Gasteiger partial charge in [-0.25, -0.2) is 4.79 Å². The summed E-state index contributed by atoms with van der Waals surface area (Å²) in [5, 5.41) is 13.8. The first-order valence-corrected chi connectivity index (χ1v) is 11.1. The molecular weight excluding hydrogens is 450 g/mol. The topological polar surface area (TPSA) is 185 Å². The number of hydrogen-bond acceptors (Lipinski definition) is 7. The van der Waals surface area contributed by atoms with Gasteiger partial charge >= 0.3 is 5.97 Å². The van der Waals surface area contributed by atoms with E-state index in [1.165, 1.54) is 4.90 Å². The zero-order valence-corrected chi connectivity index (χ0v) is 18.9. The summed E-state index contributed by atoms with van der Waals surface area (Å²) in [5.41, 5.74) is 12.0. The first kappa shape index (κ1) is 26.1. The summed E-state index contributed by atoms with van der Waals surface area (Å²) in [6.07, 6.45) is 0.719. The zero-order chi connectivity index (χ0) is 24.5. The molecule has 1 aromatic rings. The molecule has 0 spiro atoms. The zero-order valence-electron chi connectivity index (χ0n) is 18.0. The van der Waals surface area contributed by atoms with E-state index in [-0.39, 0.29) is 11.7 Å². The van der Waals surface area contributed by atoms with Crippen LogP contribution >= 0.6 is 12.6 Å². The number of amides is 4. The molecule has 4 unspecified atom stereocenters. The van der Waals surface area contributed by atoms with Crippen molar-refractivity contribution in [2.45, 2.75) is 49.9 Å². The molecule has 1 aromatic carbocycles. The van der Waals surface area contributed by atoms with Crippen LogP contribution in [0.4, 0.5) is 0 Å². The Morgan fingerprint density at radius 1 is 1.12 bits per heavy atom. The van der Waals surface area contributed by atoms with Crippen LogP contribution in [0.15, 0.2) is 30.3 Å². The average Bonchev–Trinajstić information content (AvgIpc) is 3.26. The standard InChI is InChI=1S/C21H29N5O6S/c22-13(9-12-5-2-1-3-6-12)20(30)26-8-4-7-16(26)19(29)25-15(11-33)18(28)24-14(21(31)32)10-17(23)27/h1-3,5-6,13-16,33H,4,7-11,22H2,(H2,23,27)(H,24,28)(H,25,29)(H,31,32). The van der Waals surface area contributed by atoms with E-state index in [0.717, 1.165) is 5.56 Å². The second-order valence-corrected chi connectivity index (χ2v) is 8.16. The Morgan fingerprint density at radius 3 is 2.36 bits per heavy atom. The third-order valence-corrected chi connectivity index (χ3v) is 5.65. The number of nitrogens with two attached hydrogens (primary N) is 2. The van der Waals surface area contributed by atoms with Crippen molar-refractivity contribution >= 4 is 42.2 Å². The molecular formula is C21H29N5O6S. The van der Waals surface area contributed by atoms with E-state index in [0.29, 0.717) is 25.8 Å². The van der Waals surface area contributed by atoms with Crippen molar-refractivity contribution in [1.82, 2.24) is 15.5 Å². The molecule has 11 nitrogen and oxygen atoms in total. The van der Waals surface area contributed by atoms with Crippen molar-refractivity contribution in [2.75, 3.05) is 12.3 Å². The highest BCUT2D eigenvalue weighted by Gasteiger charge is 2.37. The predicted octanol–water partition coefficient (Wildman–Crippen LogP) is -1.59. The molecule has 1 aliphatic rings. The van der Waals surface area contributed by atoms with Gasteiger partial charge in [0.15, 0.2) is 0 Å². The number of nitrogens with one attached hydrogen (secondary N) is 2. The summed E-state index contributed by atoms with van der Waals surface area (Å²) in [7, 11) is 0. The highest BCUT2D eigenvalue weighted by Crippen LogP contribution is 2.19. The second-order valence-electron chi connectivity index (χ2n) is 7.80. The normalized spacial score (nSPS) is 18.1. The number of thiol groups is 1. The second kappa shape index (κ2) is 12.2. The summed E-state index contributed by atoms with van der Waals surface area (Å²) in [6, 6.07) is 4.93. The van der Waals surface area contributed by atoms with Crippen LogP contribution in [0.25, 0.3) is 0 Å². The number of hydrogen-bond donors (Lipinski definition) is 6. The van der Waals surface area contributed by atoms with Gasteiger partial charge in [-0.2, -0.15) is 12.6 Å². The van der Waals surface area contributed by atoms with Crippen molar-refractivity contribution in [1.29, 1.82) is 0 Å². The van der Waals surface area contributed by atoms with Gasteiger partial charge in [0.05, 0.1) is 12.5 Å². The molecule has 0 bridgehead atoms. The number of aliphatic carboxylic acids is 1. The summed E-state index contributed by atoms with van der Waals surface area (Å²) in [6.45, 7) is 0.358. The van der Waals surface area contributed by atoms with Gasteiger partial charge in [-0.05, 0) is 24.8 Å². The van der Waals surface area contributed by atoms with Gasteiger partial charge in [-0.1, -0.05) is 30.3 Å². The number of carboxylic acid groups (broad SMARTS) is 1. The van der Waals surface area contributed by atoms with Crippen LogP contribution in [0.1, 0.15) is 24.8 Å². The van der Waals surface area contributed by atoms with Crippen LogP contribution in [-0.2, 0) is 30.4 Å². The minimum Gasteiger partial charge on any atom is -0.480 e. The highest BCUT2D eigenvalue weighted by atomic mass is 32.1. The monoisotopic (exact) mass is 479 g/mol. The quantitative estimate of drug-likeness (QED) is 0.206. The summed E-state index contributed by atoms with van der Waals surface area (Å²) in [5.74, 6) is -4.23. The molecule has 12 heteroatoms. The molecule has 33 heavy (non-hydrogen) atoms. The fraction of sp³-hybridized carbons (Fsp3) is 0.476. The number of nitrogens with zero attached hydrogens (tertiary/aromatic N) is 1. The molecule has 1 heterocycles. The third kappa shape index (κ3) is 7.46. The molecule has 4 amide bonds. The Kier molecular flexibility index (Phi) is 9.67. The van der Waals surface area contributed by atoms with Crippen molar-refractivity contribution < 1.29 is 29.1 Å². The number of carbonyl (C=O) groups is 5. The van der Waals surface area contributed by atoms with Crippen LogP contribution in [0.3, 0.4) is 0 Å². The number of carboxylic acids is 1. The molecule has 0 aromatic heterocycles. The molecule has 2 rings (SSSR count). The van der Waals surface area contributed by atoms with Gasteiger partial charge in [0.25, 0.3) is 0 Å². The number of rotatable bonds is 11. The SMILES string of the molecule is NC(=O)CC(NC(=O)C(CS)NC(=O)C1CCCN1C(=O)C(N)Cc1ccccc1)C(=O)O. The van der Waals surface area contributed by atoms with Crippen LogP contribution in [0.2, 0.25) is 0 Å². The molecule has 1 saturated heterocycles. The molecule has 7 N–H and O–H groups in total. The number of likely N-dealkylation sites (tertiary alicyclic amines) is 1. The Hall–Kier alpha value is -3.12. The molecule has 1 aliphatic heterocycles. The van der Waals surface area contributed by atoms with Crippen LogP contribution in [0, 0.1) is 0 Å². The lowest BCUT2D eigenvalue weighted by Gasteiger charge is -2.28. The number of benzene rings is 1. The molecule has 180 valence electrons. The van der Waals surface area contributed by atoms with E-state index in [1.54, 1.807) is 0 Å². The van der Waals surface area contributed by atoms with Crippen LogP contribution in [0.5, 0.6) is 0 Å². The minimum absolute atomic E-state index is 0.130. The maximum absolute atomic E-state index is 12.9. The van der Waals surface area contributed by atoms with E-state index >= 15 is 0 Å². The molecule has 1 fully saturated rings. The summed E-state index contributed by atoms with van der Waals surface area (Å²) >= 11 is 4.05. The lowest BCUT2D eigenvalue weighted by Crippen LogP contribution is -2.57. The van der Waals surface area contributed by atoms with E-state index in [1.807, 2.05) is 30.3 Å². The van der Waals surface area contributed by atoms with E-state index in [2.05, 4.69) is 23.3 Å². The number of primary amides is 1. The number of carbonyl (C=O) groups excluding carboxylic acids is 4. The molecule has 0 saturated carbocycles. The highest BCUT2D eigenvalue weighted by molar-refractivity contribution is 7.80. The van der Waals surface area contributed by atoms with Crippen molar-refractivity contribution in [3.8, 4) is 0 Å². The molecule has 0 radical (unpaired) electrons. The Labute approximate surface area is 196 Å². The van der Waals surface area contributed by atoms with E-state index in [4.69, 9.17) is 16.6 Å². The summed E-state index contributed by atoms with van der Waals surface area (Å²) < 4.78 is 0. The van der Waals surface area contributed by atoms with Gasteiger partial charge in [0, 0.05) is 12.3 Å². The van der Waals surface area contributed by atoms with Crippen molar-refractivity contribution in [3.63, 3.8) is 0 Å². The van der Waals surface area contributed by atoms with Crippen LogP contribution in [-0.4, -0.2) is 76.1 Å². The fourth-order valence-electron chi connectivity index (χ4n) is 3.61. The van der Waals surface area contributed by atoms with Gasteiger partial charge in [-0.3, -0.25) is 19.2 Å². The average molecular weight is 480 g/mol. The smallest absolute Gasteiger partial charge is 0.326 e. The summed E-state index contributed by atoms with van der Waals surface area (Å²) in [4.78, 5) is 61.9. The third-order valence-electron chi connectivity index (χ3n) is 5.29. The maximum atomic E-state index is 12.9. The maximum Gasteiger partial charge on any atom is 0.326 e. The lowest BCUT2D eigenvalue weighted by molar-refractivity contribution is -0.144. The van der Waals surface area contributed by atoms with Gasteiger partial charge in [0.1, 0.15) is 18.1 Å². The van der Waals surface area contributed by atoms with E-state index < -0.39 is 54.3 Å². The first-order chi connectivity index (χ1) is 15.6. The Morgan fingerprint density at radius 2 is 1.79 bits per heavy atom. The molecule has 4 atom stereocenters. The van der Waals surface area contributed by atoms with Gasteiger partial charge in [0.2, 0.25) is 23.6 Å². The van der Waals surface area contributed by atoms with Crippen LogP contribution < -0.4 is 22.1 Å². The Balaban J connectivity index is 2.01. The first-order valence-electron chi connectivity index (χ1n) is 10.5. The Bertz CT molecular complexity index is 883. The fourth-order valence-corrected chi connectivity index (χ4v) is 3.86. The largest absolute Gasteiger partial charge is 0.480 e. The van der Waals surface area contributed by atoms with Crippen molar-refractivity contribution in [3.05, 3.63) is 35.9 Å².